The summed E-state index contributed by atoms with van der Waals surface area (Å²) in [5, 5.41) is 35.4. The van der Waals surface area contributed by atoms with Gasteiger partial charge in [-0.15, -0.1) is 0 Å². The van der Waals surface area contributed by atoms with E-state index in [2.05, 4.69) is 35.8 Å². The molecule has 1 aromatic heterocycles. The van der Waals surface area contributed by atoms with Crippen molar-refractivity contribution in [2.75, 3.05) is 0 Å². The van der Waals surface area contributed by atoms with Crippen LogP contribution in [-0.2, 0) is 6.42 Å². The molecule has 0 unspecified atom stereocenters. The first-order valence-corrected chi connectivity index (χ1v) is 12.7. The predicted octanol–water partition coefficient (Wildman–Crippen LogP) is 5.13. The van der Waals surface area contributed by atoms with Crippen molar-refractivity contribution in [3.05, 3.63) is 48.2 Å². The van der Waals surface area contributed by atoms with Crippen molar-refractivity contribution in [1.29, 1.82) is 0 Å². The number of rotatable bonds is 4. The monoisotopic (exact) mass is 437 g/mol. The molecule has 3 aliphatic carbocycles. The number of benzene rings is 1. The average Bonchev–Trinajstić information content (AvgIpc) is 3.23. The Balaban J connectivity index is 1.40. The quantitative estimate of drug-likeness (QED) is 0.501. The van der Waals surface area contributed by atoms with E-state index in [1.54, 1.807) is 6.92 Å². The fraction of sp³-hybridized carbons (Fsp3) is 0.643. The van der Waals surface area contributed by atoms with Gasteiger partial charge in [-0.2, -0.15) is 0 Å². The summed E-state index contributed by atoms with van der Waals surface area (Å²) >= 11 is 0. The van der Waals surface area contributed by atoms with Crippen LogP contribution in [-0.4, -0.2) is 37.6 Å². The van der Waals surface area contributed by atoms with Gasteiger partial charge >= 0.3 is 0 Å². The summed E-state index contributed by atoms with van der Waals surface area (Å²) in [6.07, 6.45) is 8.72. The van der Waals surface area contributed by atoms with E-state index in [1.165, 1.54) is 30.2 Å². The number of allylic oxidation sites excluding steroid dienone is 1. The third-order valence-corrected chi connectivity index (χ3v) is 9.35. The van der Waals surface area contributed by atoms with Crippen molar-refractivity contribution < 1.29 is 15.3 Å². The molecule has 3 aliphatic rings. The molecule has 0 saturated heterocycles. The molecule has 4 nitrogen and oxygen atoms in total. The Kier molecular flexibility index (Phi) is 5.76. The van der Waals surface area contributed by atoms with Crippen LogP contribution in [0.2, 0.25) is 0 Å². The van der Waals surface area contributed by atoms with Gasteiger partial charge < -0.3 is 20.3 Å². The van der Waals surface area contributed by atoms with Crippen LogP contribution in [0.3, 0.4) is 0 Å². The third kappa shape index (κ3) is 3.74. The maximum atomic E-state index is 12.1. The van der Waals surface area contributed by atoms with E-state index < -0.39 is 17.3 Å². The van der Waals surface area contributed by atoms with Crippen LogP contribution in [0, 0.1) is 23.7 Å². The smallest absolute Gasteiger partial charge is 0.0909 e. The summed E-state index contributed by atoms with van der Waals surface area (Å²) in [5.74, 6) is 0.381. The number of H-pyrrole nitrogens is 1. The molecule has 2 aromatic rings. The van der Waals surface area contributed by atoms with E-state index in [4.69, 9.17) is 0 Å². The highest BCUT2D eigenvalue weighted by molar-refractivity contribution is 5.80. The van der Waals surface area contributed by atoms with Crippen LogP contribution in [0.1, 0.15) is 70.4 Å². The molecule has 1 aromatic carbocycles. The van der Waals surface area contributed by atoms with Gasteiger partial charge in [-0.1, -0.05) is 49.6 Å². The molecule has 174 valence electrons. The minimum Gasteiger partial charge on any atom is -0.390 e. The number of hydrogen-bond acceptors (Lipinski definition) is 3. The van der Waals surface area contributed by atoms with Crippen molar-refractivity contribution in [3.63, 3.8) is 0 Å². The Bertz CT molecular complexity index is 939. The molecule has 3 fully saturated rings. The second-order valence-electron chi connectivity index (χ2n) is 11.2. The summed E-state index contributed by atoms with van der Waals surface area (Å²) < 4.78 is 0. The number of para-hydroxylation sites is 1. The number of aromatic amines is 1. The van der Waals surface area contributed by atoms with Crippen LogP contribution < -0.4 is 0 Å². The molecule has 6 atom stereocenters. The number of aromatic nitrogens is 1. The lowest BCUT2D eigenvalue weighted by atomic mass is 9.65. The average molecular weight is 438 g/mol. The Morgan fingerprint density at radius 2 is 1.81 bits per heavy atom. The molecule has 1 heterocycles. The highest BCUT2D eigenvalue weighted by atomic mass is 16.3. The van der Waals surface area contributed by atoms with Crippen LogP contribution in [0.25, 0.3) is 10.9 Å². The molecule has 0 spiro atoms. The predicted molar refractivity (Wildman–Crippen MR) is 128 cm³/mol. The fourth-order valence-electron chi connectivity index (χ4n) is 7.37. The van der Waals surface area contributed by atoms with E-state index >= 15 is 0 Å². The van der Waals surface area contributed by atoms with E-state index in [9.17, 15) is 15.3 Å². The normalized spacial score (nSPS) is 38.5. The fourth-order valence-corrected chi connectivity index (χ4v) is 7.37. The molecule has 0 aliphatic heterocycles. The Morgan fingerprint density at radius 3 is 2.56 bits per heavy atom. The molecule has 32 heavy (non-hydrogen) atoms. The van der Waals surface area contributed by atoms with Gasteiger partial charge in [0.15, 0.2) is 0 Å². The lowest BCUT2D eigenvalue weighted by molar-refractivity contribution is -0.113. The summed E-state index contributed by atoms with van der Waals surface area (Å²) in [4.78, 5) is 3.52. The van der Waals surface area contributed by atoms with Crippen LogP contribution in [0.4, 0.5) is 0 Å². The Morgan fingerprint density at radius 1 is 1.06 bits per heavy atom. The highest BCUT2D eigenvalue weighted by Gasteiger charge is 2.60. The second-order valence-corrected chi connectivity index (χ2v) is 11.2. The van der Waals surface area contributed by atoms with Gasteiger partial charge in [0.05, 0.1) is 17.3 Å². The van der Waals surface area contributed by atoms with Gasteiger partial charge in [0, 0.05) is 17.6 Å². The van der Waals surface area contributed by atoms with Gasteiger partial charge in [-0.05, 0) is 86.6 Å². The first-order valence-electron chi connectivity index (χ1n) is 12.7. The van der Waals surface area contributed by atoms with Crippen LogP contribution in [0.15, 0.2) is 42.5 Å². The molecular weight excluding hydrogens is 398 g/mol. The zero-order chi connectivity index (χ0) is 22.5. The van der Waals surface area contributed by atoms with Crippen molar-refractivity contribution in [1.82, 2.24) is 4.98 Å². The maximum Gasteiger partial charge on any atom is 0.0909 e. The summed E-state index contributed by atoms with van der Waals surface area (Å²) in [7, 11) is 0. The molecule has 4 N–H and O–H groups in total. The number of aliphatic hydroxyl groups is 3. The second kappa shape index (κ2) is 8.30. The van der Waals surface area contributed by atoms with Gasteiger partial charge in [-0.3, -0.25) is 0 Å². The van der Waals surface area contributed by atoms with Crippen LogP contribution >= 0.6 is 0 Å². The first-order chi connectivity index (χ1) is 15.3. The third-order valence-electron chi connectivity index (χ3n) is 9.35. The largest absolute Gasteiger partial charge is 0.390 e. The zero-order valence-corrected chi connectivity index (χ0v) is 19.4. The minimum atomic E-state index is -1.16. The zero-order valence-electron chi connectivity index (χ0n) is 19.4. The van der Waals surface area contributed by atoms with Crippen LogP contribution in [0.5, 0.6) is 0 Å². The van der Waals surface area contributed by atoms with Crippen molar-refractivity contribution >= 4 is 10.9 Å². The number of aliphatic hydroxyl groups excluding tert-OH is 1. The number of fused-ring (bicyclic) bond motifs is 2. The maximum absolute atomic E-state index is 12.1. The molecule has 5 rings (SSSR count). The van der Waals surface area contributed by atoms with Gasteiger partial charge in [0.25, 0.3) is 0 Å². The van der Waals surface area contributed by atoms with Crippen molar-refractivity contribution in [2.24, 2.45) is 23.7 Å². The summed E-state index contributed by atoms with van der Waals surface area (Å²) in [6.45, 7) is 6.27. The topological polar surface area (TPSA) is 76.5 Å². The molecule has 0 radical (unpaired) electrons. The Labute approximate surface area is 191 Å². The van der Waals surface area contributed by atoms with E-state index in [0.717, 1.165) is 49.7 Å². The molecule has 0 amide bonds. The number of nitrogens with one attached hydrogen (secondary N) is 1. The molecule has 0 bridgehead atoms. The molecule has 4 heteroatoms. The van der Waals surface area contributed by atoms with Gasteiger partial charge in [0.1, 0.15) is 0 Å². The van der Waals surface area contributed by atoms with E-state index in [0.29, 0.717) is 6.42 Å². The van der Waals surface area contributed by atoms with Gasteiger partial charge in [-0.25, -0.2) is 0 Å². The summed E-state index contributed by atoms with van der Waals surface area (Å²) in [5.41, 5.74) is 1.53. The lowest BCUT2D eigenvalue weighted by Crippen LogP contribution is -2.49. The van der Waals surface area contributed by atoms with Crippen molar-refractivity contribution in [2.45, 2.75) is 88.4 Å². The highest BCUT2D eigenvalue weighted by Crippen LogP contribution is 2.56. The van der Waals surface area contributed by atoms with E-state index in [-0.39, 0.29) is 23.7 Å². The first kappa shape index (κ1) is 22.2. The number of hydrogen-bond donors (Lipinski definition) is 4. The molecule has 3 saturated carbocycles. The Hall–Kier alpha value is -1.62. The SMILES string of the molecule is C=C(Cc1cc2ccccc2[nH]1)[C@H]1CC[C@](O)(C2CCCCC2)[C@H]2C[C@H](O)[C@](C)(O)[C@H]2C1. The molecular formula is C28H39NO3. The van der Waals surface area contributed by atoms with Crippen molar-refractivity contribution in [3.8, 4) is 0 Å². The minimum absolute atomic E-state index is 0.0403. The standard InChI is InChI=1S/C28H39NO3/c1-18(14-22-15-20-8-6-7-11-25(20)29-22)19-12-13-28(32,21-9-4-3-5-10-21)24-17-26(30)27(2,31)23(24)16-19/h6-8,11,15,19,21,23-24,26,29-32H,1,3-5,9-10,12-14,16-17H2,2H3/t19-,23-,24-,26-,27+,28-/m0/s1. The van der Waals surface area contributed by atoms with Gasteiger partial charge in [0.2, 0.25) is 0 Å². The van der Waals surface area contributed by atoms with E-state index in [1.807, 2.05) is 6.07 Å². The summed E-state index contributed by atoms with van der Waals surface area (Å²) in [6, 6.07) is 10.5. The lowest BCUT2D eigenvalue weighted by Gasteiger charge is -2.44.